The van der Waals surface area contributed by atoms with Crippen LogP contribution in [0.1, 0.15) is 80.1 Å². The van der Waals surface area contributed by atoms with E-state index in [1.807, 2.05) is 0 Å². The molecule has 0 unspecified atom stereocenters. The Bertz CT molecular complexity index is 1030. The molecule has 5 nitrogen and oxygen atoms in total. The van der Waals surface area contributed by atoms with Gasteiger partial charge in [0.05, 0.1) is 18.1 Å². The van der Waals surface area contributed by atoms with E-state index in [9.17, 15) is 14.0 Å². The van der Waals surface area contributed by atoms with Crippen molar-refractivity contribution >= 4 is 20.0 Å². The highest BCUT2D eigenvalue weighted by molar-refractivity contribution is 6.76. The van der Waals surface area contributed by atoms with Gasteiger partial charge >= 0.3 is 11.9 Å². The fraction of sp³-hybridized carbons (Fsp3) is 0.533. The zero-order chi connectivity index (χ0) is 26.8. The minimum absolute atomic E-state index is 0.0403. The maximum absolute atomic E-state index is 14.4. The van der Waals surface area contributed by atoms with Gasteiger partial charge in [-0.25, -0.2) is 9.18 Å². The van der Waals surface area contributed by atoms with Crippen LogP contribution in [0.5, 0.6) is 11.5 Å². The van der Waals surface area contributed by atoms with Crippen molar-refractivity contribution in [3.63, 3.8) is 0 Å². The second-order valence-corrected chi connectivity index (χ2v) is 16.8. The summed E-state index contributed by atoms with van der Waals surface area (Å²) in [5.74, 6) is -1.39. The van der Waals surface area contributed by atoms with E-state index in [1.165, 1.54) is 37.8 Å². The molecule has 0 amide bonds. The fourth-order valence-electron chi connectivity index (χ4n) is 4.44. The maximum Gasteiger partial charge on any atom is 0.343 e. The van der Waals surface area contributed by atoms with Crippen molar-refractivity contribution in [2.75, 3.05) is 6.61 Å². The summed E-state index contributed by atoms with van der Waals surface area (Å²) in [5, 5.41) is 0. The van der Waals surface area contributed by atoms with E-state index >= 15 is 0 Å². The lowest BCUT2D eigenvalue weighted by Crippen LogP contribution is -2.22. The number of ether oxygens (including phenoxy) is 3. The van der Waals surface area contributed by atoms with E-state index in [1.54, 1.807) is 24.3 Å². The van der Waals surface area contributed by atoms with Crippen molar-refractivity contribution in [2.24, 2.45) is 0 Å². The summed E-state index contributed by atoms with van der Waals surface area (Å²) in [4.78, 5) is 25.0. The predicted octanol–water partition coefficient (Wildman–Crippen LogP) is 7.91. The normalized spacial score (nSPS) is 17.5. The van der Waals surface area contributed by atoms with Crippen LogP contribution in [-0.2, 0) is 9.53 Å². The first-order valence-corrected chi connectivity index (χ1v) is 17.3. The summed E-state index contributed by atoms with van der Waals surface area (Å²) in [5.41, 5.74) is 1.16. The molecule has 202 valence electrons. The van der Waals surface area contributed by atoms with Crippen molar-refractivity contribution in [3.8, 4) is 11.5 Å². The fourth-order valence-corrected chi connectivity index (χ4v) is 5.63. The molecule has 2 aromatic rings. The van der Waals surface area contributed by atoms with Gasteiger partial charge in [0.2, 0.25) is 0 Å². The molecule has 2 atom stereocenters. The third kappa shape index (κ3) is 9.29. The maximum atomic E-state index is 14.4. The Kier molecular flexibility index (Phi) is 10.7. The Morgan fingerprint density at radius 1 is 1.03 bits per heavy atom. The third-order valence-corrected chi connectivity index (χ3v) is 8.49. The van der Waals surface area contributed by atoms with Gasteiger partial charge in [-0.15, -0.1) is 0 Å². The van der Waals surface area contributed by atoms with Crippen LogP contribution in [0, 0.1) is 5.82 Å². The van der Waals surface area contributed by atoms with Gasteiger partial charge in [-0.05, 0) is 42.7 Å². The van der Waals surface area contributed by atoms with E-state index in [4.69, 9.17) is 14.2 Å². The molecule has 0 bridgehead atoms. The SMILES string of the molecule is CCCCCCCCOc1ccc(OC(=O)c2ccc([C@H]3C[C@@H](CC[Si](C)(C)C)OC3=O)cc2)cc1F. The summed E-state index contributed by atoms with van der Waals surface area (Å²) in [6.45, 7) is 9.58. The molecule has 0 saturated carbocycles. The van der Waals surface area contributed by atoms with Crippen molar-refractivity contribution in [2.45, 2.75) is 96.0 Å². The Hall–Kier alpha value is -2.67. The van der Waals surface area contributed by atoms with Crippen molar-refractivity contribution in [1.82, 2.24) is 0 Å². The Morgan fingerprint density at radius 3 is 2.41 bits per heavy atom. The molecule has 1 aliphatic heterocycles. The molecule has 37 heavy (non-hydrogen) atoms. The zero-order valence-electron chi connectivity index (χ0n) is 22.7. The van der Waals surface area contributed by atoms with Gasteiger partial charge < -0.3 is 14.2 Å². The van der Waals surface area contributed by atoms with E-state index < -0.39 is 19.9 Å². The van der Waals surface area contributed by atoms with Crippen LogP contribution in [0.4, 0.5) is 4.39 Å². The molecule has 0 aromatic heterocycles. The first-order chi connectivity index (χ1) is 17.7. The summed E-state index contributed by atoms with van der Waals surface area (Å²) in [6, 6.07) is 12.1. The van der Waals surface area contributed by atoms with Crippen LogP contribution in [0.15, 0.2) is 42.5 Å². The number of halogens is 1. The van der Waals surface area contributed by atoms with Crippen LogP contribution in [0.25, 0.3) is 0 Å². The van der Waals surface area contributed by atoms with Gasteiger partial charge in [-0.3, -0.25) is 4.79 Å². The highest BCUT2D eigenvalue weighted by Gasteiger charge is 2.36. The number of hydrogen-bond donors (Lipinski definition) is 0. The second kappa shape index (κ2) is 13.8. The van der Waals surface area contributed by atoms with Gasteiger partial charge in [0, 0.05) is 20.6 Å². The molecule has 0 N–H and O–H groups in total. The predicted molar refractivity (Wildman–Crippen MR) is 147 cm³/mol. The molecule has 2 aromatic carbocycles. The number of benzene rings is 2. The molecular formula is C30H41FO5Si. The third-order valence-electron chi connectivity index (χ3n) is 6.70. The molecule has 1 fully saturated rings. The van der Waals surface area contributed by atoms with Gasteiger partial charge in [0.1, 0.15) is 11.9 Å². The highest BCUT2D eigenvalue weighted by Crippen LogP contribution is 2.34. The quantitative estimate of drug-likeness (QED) is 0.108. The first-order valence-electron chi connectivity index (χ1n) is 13.6. The molecule has 1 saturated heterocycles. The molecule has 1 heterocycles. The molecule has 7 heteroatoms. The highest BCUT2D eigenvalue weighted by atomic mass is 28.3. The minimum Gasteiger partial charge on any atom is -0.491 e. The van der Waals surface area contributed by atoms with Gasteiger partial charge in [0.15, 0.2) is 11.6 Å². The molecule has 1 aliphatic rings. The van der Waals surface area contributed by atoms with E-state index in [0.717, 1.165) is 36.9 Å². The minimum atomic E-state index is -1.19. The lowest BCUT2D eigenvalue weighted by Gasteiger charge is -2.17. The molecule has 3 rings (SSSR count). The number of cyclic esters (lactones) is 1. The number of hydrogen-bond acceptors (Lipinski definition) is 5. The van der Waals surface area contributed by atoms with Gasteiger partial charge in [-0.1, -0.05) is 76.8 Å². The monoisotopic (exact) mass is 528 g/mol. The molecule has 0 aliphatic carbocycles. The average molecular weight is 529 g/mol. The van der Waals surface area contributed by atoms with Gasteiger partial charge in [-0.2, -0.15) is 0 Å². The van der Waals surface area contributed by atoms with Crippen LogP contribution in [0.2, 0.25) is 25.7 Å². The van der Waals surface area contributed by atoms with Crippen molar-refractivity contribution < 1.29 is 28.2 Å². The molecule has 0 spiro atoms. The van der Waals surface area contributed by atoms with Crippen LogP contribution in [0.3, 0.4) is 0 Å². The lowest BCUT2D eigenvalue weighted by molar-refractivity contribution is -0.142. The Balaban J connectivity index is 1.49. The molecular weight excluding hydrogens is 487 g/mol. The number of unbranched alkanes of at least 4 members (excludes halogenated alkanes) is 5. The van der Waals surface area contributed by atoms with Crippen molar-refractivity contribution in [3.05, 3.63) is 59.4 Å². The number of carbonyl (C=O) groups excluding carboxylic acids is 2. The lowest BCUT2D eigenvalue weighted by atomic mass is 9.94. The standard InChI is InChI=1S/C30H41FO5Si/c1-5-6-7-8-9-10-18-34-28-16-15-24(21-27(28)31)35-29(32)23-13-11-22(12-14-23)26-20-25(36-30(26)33)17-19-37(2,3)4/h11-16,21,25-26H,5-10,17-20H2,1-4H3/t25-,26-/m1/s1. The Labute approximate surface area is 221 Å². The summed E-state index contributed by atoms with van der Waals surface area (Å²) in [6.07, 6.45) is 8.32. The largest absolute Gasteiger partial charge is 0.491 e. The van der Waals surface area contributed by atoms with Crippen LogP contribution in [-0.4, -0.2) is 32.7 Å². The van der Waals surface area contributed by atoms with Crippen LogP contribution < -0.4 is 9.47 Å². The first kappa shape index (κ1) is 28.9. The van der Waals surface area contributed by atoms with E-state index in [-0.39, 0.29) is 29.5 Å². The van der Waals surface area contributed by atoms with E-state index in [2.05, 4.69) is 26.6 Å². The average Bonchev–Trinajstić information content (AvgIpc) is 3.23. The summed E-state index contributed by atoms with van der Waals surface area (Å²) in [7, 11) is -1.19. The number of esters is 2. The smallest absolute Gasteiger partial charge is 0.343 e. The summed E-state index contributed by atoms with van der Waals surface area (Å²) >= 11 is 0. The number of rotatable bonds is 14. The number of carbonyl (C=O) groups is 2. The zero-order valence-corrected chi connectivity index (χ0v) is 23.7. The van der Waals surface area contributed by atoms with Gasteiger partial charge in [0.25, 0.3) is 0 Å². The Morgan fingerprint density at radius 2 is 1.73 bits per heavy atom. The topological polar surface area (TPSA) is 61.8 Å². The van der Waals surface area contributed by atoms with E-state index in [0.29, 0.717) is 18.6 Å². The second-order valence-electron chi connectivity index (χ2n) is 11.2. The van der Waals surface area contributed by atoms with Crippen molar-refractivity contribution in [1.29, 1.82) is 0 Å². The summed E-state index contributed by atoms with van der Waals surface area (Å²) < 4.78 is 30.9. The molecule has 0 radical (unpaired) electrons. The van der Waals surface area contributed by atoms with Crippen LogP contribution >= 0.6 is 0 Å².